The number of amides is 2. The van der Waals surface area contributed by atoms with Crippen LogP contribution in [0, 0.1) is 23.1 Å². The number of piperidine rings is 1. The molecule has 1 aromatic carbocycles. The van der Waals surface area contributed by atoms with Gasteiger partial charge in [0.15, 0.2) is 0 Å². The van der Waals surface area contributed by atoms with Gasteiger partial charge in [0, 0.05) is 5.56 Å². The number of hydrogen-bond donors (Lipinski definition) is 3. The van der Waals surface area contributed by atoms with E-state index in [-0.39, 0.29) is 24.1 Å². The summed E-state index contributed by atoms with van der Waals surface area (Å²) >= 11 is 0. The maximum Gasteiger partial charge on any atom is 0.257 e. The fraction of sp³-hybridized carbons (Fsp3) is 0.583. The number of carbonyl (C=O) groups excluding carboxylic acids is 2. The fourth-order valence-electron chi connectivity index (χ4n) is 5.11. The van der Waals surface area contributed by atoms with Crippen LogP contribution < -0.4 is 16.0 Å². The Bertz CT molecular complexity index is 942. The quantitative estimate of drug-likeness (QED) is 0.634. The second-order valence-corrected chi connectivity index (χ2v) is 9.23. The Morgan fingerprint density at radius 1 is 1.25 bits per heavy atom. The zero-order valence-corrected chi connectivity index (χ0v) is 18.3. The Morgan fingerprint density at radius 3 is 2.72 bits per heavy atom. The average Bonchev–Trinajstić information content (AvgIpc) is 3.09. The fourth-order valence-corrected chi connectivity index (χ4v) is 5.11. The summed E-state index contributed by atoms with van der Waals surface area (Å²) < 4.78 is 13.9. The molecule has 0 aromatic heterocycles. The number of rotatable bonds is 6. The SMILES string of the molecule is N#CCC1(NC(=O)C(CC2CCCCC2)N=C2NC(=O)c3ccc(F)cc32)CCNCC1. The zero-order chi connectivity index (χ0) is 22.6. The van der Waals surface area contributed by atoms with E-state index in [1.54, 1.807) is 0 Å². The smallest absolute Gasteiger partial charge is 0.257 e. The summed E-state index contributed by atoms with van der Waals surface area (Å²) in [7, 11) is 0. The predicted octanol–water partition coefficient (Wildman–Crippen LogP) is 2.81. The van der Waals surface area contributed by atoms with Crippen molar-refractivity contribution in [2.24, 2.45) is 10.9 Å². The van der Waals surface area contributed by atoms with Crippen LogP contribution in [-0.4, -0.2) is 42.3 Å². The van der Waals surface area contributed by atoms with Gasteiger partial charge in [-0.2, -0.15) is 5.26 Å². The molecule has 1 saturated heterocycles. The van der Waals surface area contributed by atoms with Gasteiger partial charge in [0.2, 0.25) is 5.91 Å². The maximum absolute atomic E-state index is 13.9. The number of carbonyl (C=O) groups is 2. The normalized spacial score (nSPS) is 22.6. The molecule has 2 heterocycles. The van der Waals surface area contributed by atoms with Crippen molar-refractivity contribution in [3.63, 3.8) is 0 Å². The Kier molecular flexibility index (Phi) is 6.85. The van der Waals surface area contributed by atoms with Crippen LogP contribution in [0.25, 0.3) is 0 Å². The predicted molar refractivity (Wildman–Crippen MR) is 119 cm³/mol. The molecule has 1 unspecified atom stereocenters. The molecule has 1 aliphatic carbocycles. The maximum atomic E-state index is 13.9. The highest BCUT2D eigenvalue weighted by Crippen LogP contribution is 2.30. The molecule has 4 rings (SSSR count). The molecule has 8 heteroatoms. The van der Waals surface area contributed by atoms with Gasteiger partial charge in [0.05, 0.1) is 23.6 Å². The van der Waals surface area contributed by atoms with Gasteiger partial charge in [-0.05, 0) is 56.5 Å². The van der Waals surface area contributed by atoms with Crippen molar-refractivity contribution in [3.05, 3.63) is 35.1 Å². The van der Waals surface area contributed by atoms with E-state index in [1.807, 2.05) is 0 Å². The van der Waals surface area contributed by atoms with Gasteiger partial charge in [-0.3, -0.25) is 14.6 Å². The molecule has 2 fully saturated rings. The van der Waals surface area contributed by atoms with Crippen LogP contribution in [0.2, 0.25) is 0 Å². The Morgan fingerprint density at radius 2 is 2.00 bits per heavy atom. The van der Waals surface area contributed by atoms with E-state index in [9.17, 15) is 19.2 Å². The lowest BCUT2D eigenvalue weighted by Gasteiger charge is -2.37. The Balaban J connectivity index is 1.61. The molecular weight excluding hydrogens is 409 g/mol. The summed E-state index contributed by atoms with van der Waals surface area (Å²) in [5, 5.41) is 18.5. The zero-order valence-electron chi connectivity index (χ0n) is 18.3. The first kappa shape index (κ1) is 22.4. The van der Waals surface area contributed by atoms with Gasteiger partial charge in [-0.25, -0.2) is 4.39 Å². The number of amidine groups is 1. The largest absolute Gasteiger partial charge is 0.348 e. The van der Waals surface area contributed by atoms with Gasteiger partial charge < -0.3 is 16.0 Å². The lowest BCUT2D eigenvalue weighted by molar-refractivity contribution is -0.125. The average molecular weight is 440 g/mol. The molecule has 3 N–H and O–H groups in total. The van der Waals surface area contributed by atoms with Crippen molar-refractivity contribution in [1.29, 1.82) is 5.26 Å². The van der Waals surface area contributed by atoms with E-state index in [0.29, 0.717) is 36.3 Å². The number of aliphatic imine (C=N–C) groups is 1. The number of halogens is 1. The minimum Gasteiger partial charge on any atom is -0.348 e. The third-order valence-electron chi connectivity index (χ3n) is 6.95. The van der Waals surface area contributed by atoms with Gasteiger partial charge in [0.1, 0.15) is 17.7 Å². The van der Waals surface area contributed by atoms with Gasteiger partial charge in [0.25, 0.3) is 5.91 Å². The van der Waals surface area contributed by atoms with E-state index in [0.717, 1.165) is 38.8 Å². The van der Waals surface area contributed by atoms with Crippen LogP contribution >= 0.6 is 0 Å². The highest BCUT2D eigenvalue weighted by molar-refractivity contribution is 6.23. The number of benzene rings is 1. The van der Waals surface area contributed by atoms with E-state index < -0.39 is 17.4 Å². The Hall–Kier alpha value is -2.79. The molecule has 0 spiro atoms. The molecule has 3 aliphatic rings. The molecule has 0 radical (unpaired) electrons. The molecule has 32 heavy (non-hydrogen) atoms. The number of fused-ring (bicyclic) bond motifs is 1. The van der Waals surface area contributed by atoms with E-state index >= 15 is 0 Å². The first-order valence-corrected chi connectivity index (χ1v) is 11.6. The van der Waals surface area contributed by atoms with Gasteiger partial charge in [-0.1, -0.05) is 32.1 Å². The monoisotopic (exact) mass is 439 g/mol. The highest BCUT2D eigenvalue weighted by Gasteiger charge is 2.37. The minimum absolute atomic E-state index is 0.223. The standard InChI is InChI=1S/C24H30FN5O2/c25-17-6-7-18-19(15-17)21(29-22(18)31)28-20(14-16-4-2-1-3-5-16)23(32)30-24(8-11-26)9-12-27-13-10-24/h6-7,15-16,20,27H,1-5,8-10,12-14H2,(H,30,32)(H,28,29,31). The van der Waals surface area contributed by atoms with Crippen molar-refractivity contribution in [3.8, 4) is 6.07 Å². The van der Waals surface area contributed by atoms with Crippen LogP contribution in [-0.2, 0) is 4.79 Å². The molecule has 0 bridgehead atoms. The van der Waals surface area contributed by atoms with Crippen LogP contribution in [0.5, 0.6) is 0 Å². The number of nitriles is 1. The lowest BCUT2D eigenvalue weighted by Crippen LogP contribution is -2.56. The van der Waals surface area contributed by atoms with Gasteiger partial charge >= 0.3 is 0 Å². The lowest BCUT2D eigenvalue weighted by atomic mass is 9.83. The second-order valence-electron chi connectivity index (χ2n) is 9.23. The van der Waals surface area contributed by atoms with Crippen molar-refractivity contribution in [1.82, 2.24) is 16.0 Å². The number of hydrogen-bond acceptors (Lipinski definition) is 5. The summed E-state index contributed by atoms with van der Waals surface area (Å²) in [5.41, 5.74) is 0.191. The van der Waals surface area contributed by atoms with Crippen molar-refractivity contribution in [2.45, 2.75) is 69.4 Å². The van der Waals surface area contributed by atoms with Crippen molar-refractivity contribution >= 4 is 17.6 Å². The van der Waals surface area contributed by atoms with E-state index in [1.165, 1.54) is 24.6 Å². The van der Waals surface area contributed by atoms with E-state index in [2.05, 4.69) is 27.0 Å². The van der Waals surface area contributed by atoms with Crippen LogP contribution in [0.15, 0.2) is 23.2 Å². The third kappa shape index (κ3) is 4.99. The molecule has 1 aromatic rings. The Labute approximate surface area is 187 Å². The first-order valence-electron chi connectivity index (χ1n) is 11.6. The summed E-state index contributed by atoms with van der Waals surface area (Å²) in [4.78, 5) is 30.5. The van der Waals surface area contributed by atoms with Crippen LogP contribution in [0.3, 0.4) is 0 Å². The molecule has 170 valence electrons. The van der Waals surface area contributed by atoms with Crippen LogP contribution in [0.1, 0.15) is 73.7 Å². The minimum atomic E-state index is -0.701. The first-order chi connectivity index (χ1) is 15.5. The van der Waals surface area contributed by atoms with Gasteiger partial charge in [-0.15, -0.1) is 0 Å². The molecular formula is C24H30FN5O2. The highest BCUT2D eigenvalue weighted by atomic mass is 19.1. The molecule has 1 saturated carbocycles. The van der Waals surface area contributed by atoms with Crippen molar-refractivity contribution < 1.29 is 14.0 Å². The molecule has 2 aliphatic heterocycles. The van der Waals surface area contributed by atoms with E-state index in [4.69, 9.17) is 0 Å². The summed E-state index contributed by atoms with van der Waals surface area (Å²) in [5.74, 6) is -0.383. The summed E-state index contributed by atoms with van der Waals surface area (Å²) in [6.07, 6.45) is 7.80. The topological polar surface area (TPSA) is 106 Å². The summed E-state index contributed by atoms with van der Waals surface area (Å²) in [6, 6.07) is 5.49. The molecule has 2 amide bonds. The number of nitrogens with zero attached hydrogens (tertiary/aromatic N) is 2. The van der Waals surface area contributed by atoms with Crippen molar-refractivity contribution in [2.75, 3.05) is 13.1 Å². The molecule has 1 atom stereocenters. The molecule has 7 nitrogen and oxygen atoms in total. The third-order valence-corrected chi connectivity index (χ3v) is 6.95. The van der Waals surface area contributed by atoms with Crippen LogP contribution in [0.4, 0.5) is 4.39 Å². The summed E-state index contributed by atoms with van der Waals surface area (Å²) in [6.45, 7) is 1.49. The second kappa shape index (κ2) is 9.78. The number of nitrogens with one attached hydrogen (secondary N) is 3.